The summed E-state index contributed by atoms with van der Waals surface area (Å²) < 4.78 is 0. The van der Waals surface area contributed by atoms with Gasteiger partial charge < -0.3 is 0 Å². The molecule has 0 atom stereocenters. The van der Waals surface area contributed by atoms with Gasteiger partial charge in [0.1, 0.15) is 0 Å². The molecule has 0 spiro atoms. The Balaban J connectivity index is 0.000000640. The summed E-state index contributed by atoms with van der Waals surface area (Å²) in [6.45, 7) is 2.20. The maximum atomic E-state index is 3.19. The zero-order chi connectivity index (χ0) is 5.82. The Kier molecular flexibility index (Phi) is 4.95. The molecule has 0 aliphatic heterocycles. The molecule has 0 saturated carbocycles. The van der Waals surface area contributed by atoms with E-state index in [9.17, 15) is 0 Å². The molecule has 44 valence electrons. The Morgan fingerprint density at radius 1 is 1.67 bits per heavy atom. The molecule has 1 heteroatoms. The molecule has 0 radical (unpaired) electrons. The van der Waals surface area contributed by atoms with Crippen molar-refractivity contribution in [2.24, 2.45) is 0 Å². The zero-order valence-electron chi connectivity index (χ0n) is 6.28. The fourth-order valence-electron chi connectivity index (χ4n) is 0.913. The second-order valence-corrected chi connectivity index (χ2v) is 2.10. The summed E-state index contributed by atoms with van der Waals surface area (Å²) in [6.07, 6.45) is 11.0. The maximum absolute atomic E-state index is 3.19. The number of allylic oxidation sites excluding steroid dienone is 4. The molecule has 1 rings (SSSR count). The third-order valence-corrected chi connectivity index (χ3v) is 1.32. The van der Waals surface area contributed by atoms with Crippen molar-refractivity contribution in [3.63, 3.8) is 0 Å². The molecule has 0 unspecified atom stereocenters. The van der Waals surface area contributed by atoms with Gasteiger partial charge in [-0.3, -0.25) is 6.08 Å². The van der Waals surface area contributed by atoms with Gasteiger partial charge in [-0.05, 0) is 0 Å². The van der Waals surface area contributed by atoms with Gasteiger partial charge in [0.15, 0.2) is 0 Å². The number of hydrogen-bond donors (Lipinski definition) is 0. The SMILES string of the molecule is CCCC1=[C-]C=CC1.[Li+]. The quantitative estimate of drug-likeness (QED) is 0.335. The van der Waals surface area contributed by atoms with Crippen molar-refractivity contribution in [2.75, 3.05) is 0 Å². The van der Waals surface area contributed by atoms with E-state index in [2.05, 4.69) is 19.1 Å². The van der Waals surface area contributed by atoms with Crippen LogP contribution in [0.2, 0.25) is 0 Å². The summed E-state index contributed by atoms with van der Waals surface area (Å²) >= 11 is 0. The van der Waals surface area contributed by atoms with E-state index < -0.39 is 0 Å². The molecule has 1 aliphatic rings. The van der Waals surface area contributed by atoms with Crippen LogP contribution in [0.1, 0.15) is 26.2 Å². The number of hydrogen-bond acceptors (Lipinski definition) is 0. The molecule has 0 fully saturated rings. The van der Waals surface area contributed by atoms with E-state index in [4.69, 9.17) is 0 Å². The topological polar surface area (TPSA) is 0 Å². The Morgan fingerprint density at radius 2 is 2.44 bits per heavy atom. The summed E-state index contributed by atoms with van der Waals surface area (Å²) in [5.74, 6) is 0. The van der Waals surface area contributed by atoms with Crippen LogP contribution in [0.25, 0.3) is 0 Å². The van der Waals surface area contributed by atoms with Gasteiger partial charge >= 0.3 is 18.9 Å². The third-order valence-electron chi connectivity index (χ3n) is 1.32. The summed E-state index contributed by atoms with van der Waals surface area (Å²) in [6, 6.07) is 0. The van der Waals surface area contributed by atoms with E-state index in [1.807, 2.05) is 6.08 Å². The minimum Gasteiger partial charge on any atom is -0.253 e. The van der Waals surface area contributed by atoms with Gasteiger partial charge in [-0.25, -0.2) is 12.2 Å². The van der Waals surface area contributed by atoms with Crippen LogP contribution in [0.3, 0.4) is 0 Å². The Morgan fingerprint density at radius 3 is 2.89 bits per heavy atom. The minimum atomic E-state index is 0. The molecule has 0 aromatic carbocycles. The molecule has 0 aromatic rings. The molecule has 0 bridgehead atoms. The normalized spacial score (nSPS) is 15.0. The van der Waals surface area contributed by atoms with Crippen molar-refractivity contribution in [3.8, 4) is 0 Å². The van der Waals surface area contributed by atoms with Gasteiger partial charge in [-0.2, -0.15) is 5.57 Å². The second-order valence-electron chi connectivity index (χ2n) is 2.10. The van der Waals surface area contributed by atoms with E-state index in [0.29, 0.717) is 0 Å². The van der Waals surface area contributed by atoms with Gasteiger partial charge in [0.05, 0.1) is 0 Å². The molecule has 0 saturated heterocycles. The van der Waals surface area contributed by atoms with Gasteiger partial charge in [0.2, 0.25) is 0 Å². The van der Waals surface area contributed by atoms with Crippen molar-refractivity contribution >= 4 is 0 Å². The summed E-state index contributed by atoms with van der Waals surface area (Å²) in [7, 11) is 0. The molecule has 0 N–H and O–H groups in total. The van der Waals surface area contributed by atoms with E-state index in [1.54, 1.807) is 0 Å². The standard InChI is InChI=1S/C8H11.Li/c1-2-5-8-6-3-4-7-8;/h3-4H,2,5-6H2,1H3;/q-1;+1. The Bertz CT molecular complexity index is 123. The Hall–Kier alpha value is 0.0774. The van der Waals surface area contributed by atoms with Gasteiger partial charge in [0, 0.05) is 0 Å². The van der Waals surface area contributed by atoms with E-state index in [1.165, 1.54) is 18.4 Å². The largest absolute Gasteiger partial charge is 1.00 e. The first-order valence-corrected chi connectivity index (χ1v) is 3.19. The van der Waals surface area contributed by atoms with Crippen LogP contribution in [0.4, 0.5) is 0 Å². The van der Waals surface area contributed by atoms with Crippen molar-refractivity contribution < 1.29 is 18.9 Å². The predicted octanol–water partition coefficient (Wildman–Crippen LogP) is -0.520. The minimum absolute atomic E-state index is 0. The van der Waals surface area contributed by atoms with Crippen LogP contribution >= 0.6 is 0 Å². The predicted molar refractivity (Wildman–Crippen MR) is 35.4 cm³/mol. The van der Waals surface area contributed by atoms with Crippen molar-refractivity contribution in [3.05, 3.63) is 23.8 Å². The molecule has 0 amide bonds. The fraction of sp³-hybridized carbons (Fsp3) is 0.500. The Labute approximate surface area is 69.2 Å². The van der Waals surface area contributed by atoms with Gasteiger partial charge in [-0.1, -0.05) is 26.2 Å². The third kappa shape index (κ3) is 2.94. The van der Waals surface area contributed by atoms with Crippen LogP contribution in [0.5, 0.6) is 0 Å². The average Bonchev–Trinajstić information content (AvgIpc) is 2.19. The molecule has 0 aromatic heterocycles. The van der Waals surface area contributed by atoms with E-state index in [-0.39, 0.29) is 18.9 Å². The van der Waals surface area contributed by atoms with Crippen molar-refractivity contribution in [1.82, 2.24) is 0 Å². The van der Waals surface area contributed by atoms with Crippen LogP contribution in [0.15, 0.2) is 17.7 Å². The molecular formula is C8H11Li. The van der Waals surface area contributed by atoms with Gasteiger partial charge in [-0.15, -0.1) is 0 Å². The first-order valence-electron chi connectivity index (χ1n) is 3.19. The second kappa shape index (κ2) is 4.91. The first kappa shape index (κ1) is 9.08. The molecule has 1 aliphatic carbocycles. The monoisotopic (exact) mass is 114 g/mol. The first-order chi connectivity index (χ1) is 3.93. The van der Waals surface area contributed by atoms with Crippen LogP contribution in [-0.4, -0.2) is 0 Å². The van der Waals surface area contributed by atoms with Crippen molar-refractivity contribution in [1.29, 1.82) is 0 Å². The summed E-state index contributed by atoms with van der Waals surface area (Å²) in [5.41, 5.74) is 1.47. The maximum Gasteiger partial charge on any atom is 1.00 e. The van der Waals surface area contributed by atoms with Crippen LogP contribution in [-0.2, 0) is 0 Å². The zero-order valence-corrected chi connectivity index (χ0v) is 6.28. The van der Waals surface area contributed by atoms with E-state index >= 15 is 0 Å². The fourth-order valence-corrected chi connectivity index (χ4v) is 0.913. The van der Waals surface area contributed by atoms with Crippen LogP contribution < -0.4 is 18.9 Å². The van der Waals surface area contributed by atoms with Gasteiger partial charge in [0.25, 0.3) is 0 Å². The summed E-state index contributed by atoms with van der Waals surface area (Å²) in [4.78, 5) is 0. The molecule has 0 heterocycles. The molecular weight excluding hydrogens is 103 g/mol. The summed E-state index contributed by atoms with van der Waals surface area (Å²) in [5, 5.41) is 0. The average molecular weight is 114 g/mol. The molecule has 9 heavy (non-hydrogen) atoms. The smallest absolute Gasteiger partial charge is 0.253 e. The van der Waals surface area contributed by atoms with Crippen molar-refractivity contribution in [2.45, 2.75) is 26.2 Å². The van der Waals surface area contributed by atoms with Crippen LogP contribution in [0, 0.1) is 6.08 Å². The van der Waals surface area contributed by atoms with E-state index in [0.717, 1.165) is 6.42 Å². The molecule has 0 nitrogen and oxygen atoms in total. The number of rotatable bonds is 2.